The Morgan fingerprint density at radius 3 is 2.78 bits per heavy atom. The molecule has 118 valence electrons. The number of carbonyl (C=O) groups is 1. The molecule has 23 heavy (non-hydrogen) atoms. The van der Waals surface area contributed by atoms with E-state index in [0.29, 0.717) is 24.6 Å². The molecule has 3 rings (SSSR count). The second-order valence-electron chi connectivity index (χ2n) is 4.81. The van der Waals surface area contributed by atoms with Gasteiger partial charge in [-0.1, -0.05) is 5.21 Å². The SMILES string of the molecule is Cn1cc(C(=O)NCCNc2cc(-n3cccc3)ncn2)nn1. The van der Waals surface area contributed by atoms with Gasteiger partial charge in [-0.3, -0.25) is 9.48 Å². The van der Waals surface area contributed by atoms with Gasteiger partial charge in [0.25, 0.3) is 5.91 Å². The molecule has 0 radical (unpaired) electrons. The Bertz CT molecular complexity index is 780. The molecular weight excluding hydrogens is 296 g/mol. The molecular formula is C14H16N8O. The third-order valence-electron chi connectivity index (χ3n) is 3.07. The Kier molecular flexibility index (Phi) is 4.27. The zero-order valence-electron chi connectivity index (χ0n) is 12.5. The Morgan fingerprint density at radius 1 is 1.22 bits per heavy atom. The summed E-state index contributed by atoms with van der Waals surface area (Å²) >= 11 is 0. The van der Waals surface area contributed by atoms with Crippen molar-refractivity contribution in [2.45, 2.75) is 0 Å². The van der Waals surface area contributed by atoms with Crippen LogP contribution in [0.25, 0.3) is 5.82 Å². The van der Waals surface area contributed by atoms with Gasteiger partial charge < -0.3 is 15.2 Å². The monoisotopic (exact) mass is 312 g/mol. The second-order valence-corrected chi connectivity index (χ2v) is 4.81. The third kappa shape index (κ3) is 3.70. The number of hydrogen-bond donors (Lipinski definition) is 2. The van der Waals surface area contributed by atoms with Crippen LogP contribution < -0.4 is 10.6 Å². The van der Waals surface area contributed by atoms with Crippen molar-refractivity contribution in [3.63, 3.8) is 0 Å². The van der Waals surface area contributed by atoms with Gasteiger partial charge in [-0.05, 0) is 12.1 Å². The number of aryl methyl sites for hydroxylation is 1. The lowest BCUT2D eigenvalue weighted by Gasteiger charge is -2.08. The number of nitrogens with one attached hydrogen (secondary N) is 2. The first-order valence-electron chi connectivity index (χ1n) is 7.06. The van der Waals surface area contributed by atoms with E-state index >= 15 is 0 Å². The molecule has 9 nitrogen and oxygen atoms in total. The van der Waals surface area contributed by atoms with E-state index in [1.54, 1.807) is 13.2 Å². The third-order valence-corrected chi connectivity index (χ3v) is 3.07. The fourth-order valence-electron chi connectivity index (χ4n) is 1.98. The first-order chi connectivity index (χ1) is 11.2. The van der Waals surface area contributed by atoms with E-state index in [1.807, 2.05) is 35.2 Å². The summed E-state index contributed by atoms with van der Waals surface area (Å²) in [6.07, 6.45) is 6.88. The minimum absolute atomic E-state index is 0.254. The number of nitrogens with zero attached hydrogens (tertiary/aromatic N) is 6. The van der Waals surface area contributed by atoms with Crippen LogP contribution in [0.15, 0.2) is 43.1 Å². The largest absolute Gasteiger partial charge is 0.368 e. The van der Waals surface area contributed by atoms with Gasteiger partial charge in [0.15, 0.2) is 5.69 Å². The number of amides is 1. The lowest BCUT2D eigenvalue weighted by molar-refractivity contribution is 0.0950. The molecule has 9 heteroatoms. The van der Waals surface area contributed by atoms with Crippen LogP contribution in [0.1, 0.15) is 10.5 Å². The van der Waals surface area contributed by atoms with Gasteiger partial charge in [0.05, 0.1) is 6.20 Å². The summed E-state index contributed by atoms with van der Waals surface area (Å²) in [6, 6.07) is 5.69. The van der Waals surface area contributed by atoms with E-state index in [4.69, 9.17) is 0 Å². The van der Waals surface area contributed by atoms with E-state index in [0.717, 1.165) is 5.82 Å². The van der Waals surface area contributed by atoms with Crippen LogP contribution in [0.3, 0.4) is 0 Å². The minimum atomic E-state index is -0.254. The summed E-state index contributed by atoms with van der Waals surface area (Å²) in [6.45, 7) is 0.979. The maximum Gasteiger partial charge on any atom is 0.273 e. The zero-order valence-corrected chi connectivity index (χ0v) is 12.5. The standard InChI is InChI=1S/C14H16N8O/c1-21-9-11(19-20-21)14(23)16-5-4-15-12-8-13(18-10-17-12)22-6-2-3-7-22/h2-3,6-10H,4-5H2,1H3,(H,16,23)(H,15,17,18). The number of anilines is 1. The van der Waals surface area contributed by atoms with Crippen LogP contribution in [-0.2, 0) is 7.05 Å². The quantitative estimate of drug-likeness (QED) is 0.632. The number of rotatable bonds is 6. The molecule has 0 aromatic carbocycles. The fraction of sp³-hybridized carbons (Fsp3) is 0.214. The van der Waals surface area contributed by atoms with Crippen LogP contribution >= 0.6 is 0 Å². The average molecular weight is 312 g/mol. The van der Waals surface area contributed by atoms with Gasteiger partial charge in [0, 0.05) is 38.6 Å². The Balaban J connectivity index is 1.49. The van der Waals surface area contributed by atoms with Crippen LogP contribution in [0.5, 0.6) is 0 Å². The molecule has 0 saturated carbocycles. The smallest absolute Gasteiger partial charge is 0.273 e. The predicted octanol–water partition coefficient (Wildman–Crippen LogP) is 0.238. The van der Waals surface area contributed by atoms with Crippen molar-refractivity contribution in [1.82, 2.24) is 34.8 Å². The van der Waals surface area contributed by atoms with Crippen LogP contribution in [0, 0.1) is 0 Å². The highest BCUT2D eigenvalue weighted by Crippen LogP contribution is 2.08. The Morgan fingerprint density at radius 2 is 2.04 bits per heavy atom. The Labute approximate surface area is 132 Å². The van der Waals surface area contributed by atoms with Gasteiger partial charge in [0.2, 0.25) is 0 Å². The molecule has 0 aliphatic rings. The molecule has 0 spiro atoms. The van der Waals surface area contributed by atoms with E-state index in [-0.39, 0.29) is 5.91 Å². The maximum absolute atomic E-state index is 11.8. The van der Waals surface area contributed by atoms with Crippen molar-refractivity contribution < 1.29 is 4.79 Å². The van der Waals surface area contributed by atoms with Gasteiger partial charge in [-0.2, -0.15) is 0 Å². The molecule has 0 bridgehead atoms. The predicted molar refractivity (Wildman–Crippen MR) is 83.2 cm³/mol. The number of carbonyl (C=O) groups excluding carboxylic acids is 1. The first-order valence-corrected chi connectivity index (χ1v) is 7.06. The molecule has 0 aliphatic carbocycles. The molecule has 0 unspecified atom stereocenters. The molecule has 3 aromatic heterocycles. The highest BCUT2D eigenvalue weighted by molar-refractivity contribution is 5.91. The van der Waals surface area contributed by atoms with Crippen LogP contribution in [-0.4, -0.2) is 48.5 Å². The first kappa shape index (κ1) is 14.7. The highest BCUT2D eigenvalue weighted by atomic mass is 16.2. The van der Waals surface area contributed by atoms with Gasteiger partial charge in [-0.25, -0.2) is 9.97 Å². The van der Waals surface area contributed by atoms with Crippen molar-refractivity contribution in [2.75, 3.05) is 18.4 Å². The average Bonchev–Trinajstić information content (AvgIpc) is 3.23. The lowest BCUT2D eigenvalue weighted by Crippen LogP contribution is -2.29. The molecule has 0 atom stereocenters. The molecule has 2 N–H and O–H groups in total. The molecule has 0 saturated heterocycles. The van der Waals surface area contributed by atoms with Crippen molar-refractivity contribution >= 4 is 11.7 Å². The summed E-state index contributed by atoms with van der Waals surface area (Å²) in [4.78, 5) is 20.2. The summed E-state index contributed by atoms with van der Waals surface area (Å²) in [7, 11) is 1.71. The second kappa shape index (κ2) is 6.69. The fourth-order valence-corrected chi connectivity index (χ4v) is 1.98. The number of hydrogen-bond acceptors (Lipinski definition) is 6. The minimum Gasteiger partial charge on any atom is -0.368 e. The molecule has 0 fully saturated rings. The van der Waals surface area contributed by atoms with Gasteiger partial charge in [-0.15, -0.1) is 5.10 Å². The molecule has 1 amide bonds. The van der Waals surface area contributed by atoms with E-state index in [1.165, 1.54) is 11.0 Å². The lowest BCUT2D eigenvalue weighted by atomic mass is 10.4. The van der Waals surface area contributed by atoms with Crippen LogP contribution in [0.4, 0.5) is 5.82 Å². The summed E-state index contributed by atoms with van der Waals surface area (Å²) in [5.74, 6) is 1.21. The highest BCUT2D eigenvalue weighted by Gasteiger charge is 2.08. The van der Waals surface area contributed by atoms with Gasteiger partial charge >= 0.3 is 0 Å². The normalized spacial score (nSPS) is 10.5. The summed E-state index contributed by atoms with van der Waals surface area (Å²) < 4.78 is 3.37. The topological polar surface area (TPSA) is 103 Å². The van der Waals surface area contributed by atoms with E-state index in [2.05, 4.69) is 30.9 Å². The Hall–Kier alpha value is -3.23. The van der Waals surface area contributed by atoms with Crippen LogP contribution in [0.2, 0.25) is 0 Å². The van der Waals surface area contributed by atoms with Gasteiger partial charge in [0.1, 0.15) is 18.0 Å². The summed E-state index contributed by atoms with van der Waals surface area (Å²) in [5.41, 5.74) is 0.296. The maximum atomic E-state index is 11.8. The van der Waals surface area contributed by atoms with Crippen molar-refractivity contribution in [3.05, 3.63) is 48.8 Å². The number of aromatic nitrogens is 6. The van der Waals surface area contributed by atoms with Crippen molar-refractivity contribution in [2.24, 2.45) is 7.05 Å². The molecule has 3 heterocycles. The van der Waals surface area contributed by atoms with Crippen molar-refractivity contribution in [1.29, 1.82) is 0 Å². The summed E-state index contributed by atoms with van der Waals surface area (Å²) in [5, 5.41) is 13.4. The zero-order chi connectivity index (χ0) is 16.1. The molecule has 0 aliphatic heterocycles. The van der Waals surface area contributed by atoms with E-state index < -0.39 is 0 Å². The van der Waals surface area contributed by atoms with Crippen molar-refractivity contribution in [3.8, 4) is 5.82 Å². The molecule has 3 aromatic rings. The van der Waals surface area contributed by atoms with E-state index in [9.17, 15) is 4.79 Å².